The van der Waals surface area contributed by atoms with E-state index in [0.29, 0.717) is 0 Å². The summed E-state index contributed by atoms with van der Waals surface area (Å²) in [5.74, 6) is -1.90. The molecule has 0 aliphatic rings. The van der Waals surface area contributed by atoms with Crippen molar-refractivity contribution in [3.8, 4) is 0 Å². The van der Waals surface area contributed by atoms with Gasteiger partial charge in [0, 0.05) is 5.92 Å². The lowest BCUT2D eigenvalue weighted by Crippen LogP contribution is -2.48. The fourth-order valence-corrected chi connectivity index (χ4v) is 0.709. The van der Waals surface area contributed by atoms with Crippen molar-refractivity contribution in [2.45, 2.75) is 32.9 Å². The Morgan fingerprint density at radius 3 is 1.92 bits per heavy atom. The second-order valence-electron chi connectivity index (χ2n) is 3.22. The lowest BCUT2D eigenvalue weighted by Gasteiger charge is -2.18. The third-order valence-corrected chi connectivity index (χ3v) is 1.57. The number of carbonyl (C=O) groups excluding carboxylic acids is 1. The molecule has 0 aromatic heterocycles. The molecular formula is C8H15NO4. The minimum absolute atomic E-state index is 0.291. The Morgan fingerprint density at radius 2 is 1.69 bits per heavy atom. The SMILES string of the molecule is CC(C)C(=O)NC(C(=O)O)C(C)O. The zero-order valence-electron chi connectivity index (χ0n) is 7.94. The maximum Gasteiger partial charge on any atom is 0.328 e. The number of aliphatic hydroxyl groups is 1. The largest absolute Gasteiger partial charge is 0.480 e. The minimum atomic E-state index is -1.23. The average Bonchev–Trinajstić information content (AvgIpc) is 1.97. The molecule has 5 heteroatoms. The van der Waals surface area contributed by atoms with Gasteiger partial charge in [0.05, 0.1) is 6.10 Å². The number of hydrogen-bond acceptors (Lipinski definition) is 3. The molecular weight excluding hydrogens is 174 g/mol. The van der Waals surface area contributed by atoms with Gasteiger partial charge in [-0.15, -0.1) is 0 Å². The number of rotatable bonds is 4. The first-order valence-corrected chi connectivity index (χ1v) is 4.07. The zero-order chi connectivity index (χ0) is 10.6. The molecule has 0 bridgehead atoms. The van der Waals surface area contributed by atoms with Gasteiger partial charge in [-0.2, -0.15) is 0 Å². The molecule has 0 fully saturated rings. The Kier molecular flexibility index (Phi) is 4.40. The van der Waals surface area contributed by atoms with Crippen LogP contribution in [0.3, 0.4) is 0 Å². The van der Waals surface area contributed by atoms with Crippen LogP contribution in [0.1, 0.15) is 20.8 Å². The third-order valence-electron chi connectivity index (χ3n) is 1.57. The minimum Gasteiger partial charge on any atom is -0.480 e. The second-order valence-corrected chi connectivity index (χ2v) is 3.22. The fourth-order valence-electron chi connectivity index (χ4n) is 0.709. The highest BCUT2D eigenvalue weighted by Gasteiger charge is 2.25. The highest BCUT2D eigenvalue weighted by molar-refractivity contribution is 5.84. The molecule has 2 atom stereocenters. The van der Waals surface area contributed by atoms with E-state index >= 15 is 0 Å². The molecule has 0 aliphatic heterocycles. The van der Waals surface area contributed by atoms with Crippen molar-refractivity contribution in [3.63, 3.8) is 0 Å². The molecule has 0 aromatic rings. The van der Waals surface area contributed by atoms with Gasteiger partial charge in [-0.3, -0.25) is 4.79 Å². The van der Waals surface area contributed by atoms with Crippen LogP contribution in [0.25, 0.3) is 0 Å². The van der Waals surface area contributed by atoms with Crippen molar-refractivity contribution in [2.24, 2.45) is 5.92 Å². The lowest BCUT2D eigenvalue weighted by molar-refractivity contribution is -0.145. The summed E-state index contributed by atoms with van der Waals surface area (Å²) in [6.45, 7) is 4.62. The van der Waals surface area contributed by atoms with E-state index in [1.165, 1.54) is 6.92 Å². The first kappa shape index (κ1) is 11.9. The van der Waals surface area contributed by atoms with Crippen LogP contribution in [0, 0.1) is 5.92 Å². The van der Waals surface area contributed by atoms with Crippen LogP contribution in [0.2, 0.25) is 0 Å². The number of aliphatic hydroxyl groups excluding tert-OH is 1. The van der Waals surface area contributed by atoms with E-state index in [9.17, 15) is 9.59 Å². The van der Waals surface area contributed by atoms with Crippen LogP contribution in [0.4, 0.5) is 0 Å². The summed E-state index contributed by atoms with van der Waals surface area (Å²) in [5.41, 5.74) is 0. The lowest BCUT2D eigenvalue weighted by atomic mass is 10.1. The predicted molar refractivity (Wildman–Crippen MR) is 46.1 cm³/mol. The summed E-state index contributed by atoms with van der Waals surface area (Å²) < 4.78 is 0. The van der Waals surface area contributed by atoms with Crippen molar-refractivity contribution < 1.29 is 19.8 Å². The quantitative estimate of drug-likeness (QED) is 0.561. The van der Waals surface area contributed by atoms with Crippen LogP contribution < -0.4 is 5.32 Å². The Morgan fingerprint density at radius 1 is 1.23 bits per heavy atom. The monoisotopic (exact) mass is 189 g/mol. The number of aliphatic carboxylic acids is 1. The molecule has 0 aromatic carbocycles. The van der Waals surface area contributed by atoms with Gasteiger partial charge in [0.1, 0.15) is 0 Å². The van der Waals surface area contributed by atoms with Gasteiger partial charge in [0.2, 0.25) is 5.91 Å². The summed E-state index contributed by atoms with van der Waals surface area (Å²) in [4.78, 5) is 21.6. The summed E-state index contributed by atoms with van der Waals surface area (Å²) in [6, 6.07) is -1.23. The van der Waals surface area contributed by atoms with Crippen LogP contribution in [-0.4, -0.2) is 34.2 Å². The number of amides is 1. The van der Waals surface area contributed by atoms with E-state index < -0.39 is 18.1 Å². The summed E-state index contributed by atoms with van der Waals surface area (Å²) in [7, 11) is 0. The maximum atomic E-state index is 11.1. The number of nitrogens with one attached hydrogen (secondary N) is 1. The molecule has 0 radical (unpaired) electrons. The molecule has 13 heavy (non-hydrogen) atoms. The molecule has 0 rings (SSSR count). The van der Waals surface area contributed by atoms with Gasteiger partial charge < -0.3 is 15.5 Å². The van der Waals surface area contributed by atoms with Crippen molar-refractivity contribution in [1.82, 2.24) is 5.32 Å². The van der Waals surface area contributed by atoms with Crippen molar-refractivity contribution >= 4 is 11.9 Å². The molecule has 0 spiro atoms. The van der Waals surface area contributed by atoms with Gasteiger partial charge in [0.15, 0.2) is 6.04 Å². The van der Waals surface area contributed by atoms with Gasteiger partial charge in [-0.25, -0.2) is 4.79 Å². The molecule has 76 valence electrons. The second kappa shape index (κ2) is 4.81. The van der Waals surface area contributed by atoms with E-state index in [2.05, 4.69) is 5.32 Å². The van der Waals surface area contributed by atoms with Crippen molar-refractivity contribution in [2.75, 3.05) is 0 Å². The average molecular weight is 189 g/mol. The molecule has 3 N–H and O–H groups in total. The molecule has 5 nitrogen and oxygen atoms in total. The zero-order valence-corrected chi connectivity index (χ0v) is 7.94. The first-order valence-electron chi connectivity index (χ1n) is 4.07. The number of carbonyl (C=O) groups is 2. The Balaban J connectivity index is 4.27. The van der Waals surface area contributed by atoms with Gasteiger partial charge in [0.25, 0.3) is 0 Å². The van der Waals surface area contributed by atoms with E-state index in [4.69, 9.17) is 10.2 Å². The predicted octanol–water partition coefficient (Wildman–Crippen LogP) is -0.407. The molecule has 2 unspecified atom stereocenters. The molecule has 1 amide bonds. The van der Waals surface area contributed by atoms with Crippen LogP contribution in [0.5, 0.6) is 0 Å². The number of hydrogen-bond donors (Lipinski definition) is 3. The van der Waals surface area contributed by atoms with Crippen molar-refractivity contribution in [3.05, 3.63) is 0 Å². The molecule has 0 saturated heterocycles. The van der Waals surface area contributed by atoms with E-state index in [1.807, 2.05) is 0 Å². The van der Waals surface area contributed by atoms with Crippen molar-refractivity contribution in [1.29, 1.82) is 0 Å². The Bertz CT molecular complexity index is 200. The normalized spacial score (nSPS) is 15.2. The Labute approximate surface area is 76.8 Å². The van der Waals surface area contributed by atoms with Crippen LogP contribution >= 0.6 is 0 Å². The van der Waals surface area contributed by atoms with Gasteiger partial charge in [-0.1, -0.05) is 13.8 Å². The fraction of sp³-hybridized carbons (Fsp3) is 0.750. The van der Waals surface area contributed by atoms with E-state index in [1.54, 1.807) is 13.8 Å². The van der Waals surface area contributed by atoms with Gasteiger partial charge >= 0.3 is 5.97 Å². The Hall–Kier alpha value is -1.10. The number of carboxylic acid groups (broad SMARTS) is 1. The topological polar surface area (TPSA) is 86.6 Å². The third kappa shape index (κ3) is 3.89. The van der Waals surface area contributed by atoms with Crippen LogP contribution in [-0.2, 0) is 9.59 Å². The molecule has 0 saturated carbocycles. The number of carboxylic acids is 1. The maximum absolute atomic E-state index is 11.1. The smallest absolute Gasteiger partial charge is 0.328 e. The first-order chi connectivity index (χ1) is 5.86. The van der Waals surface area contributed by atoms with Crippen LogP contribution in [0.15, 0.2) is 0 Å². The highest BCUT2D eigenvalue weighted by atomic mass is 16.4. The van der Waals surface area contributed by atoms with Gasteiger partial charge in [-0.05, 0) is 6.92 Å². The summed E-state index contributed by atoms with van der Waals surface area (Å²) >= 11 is 0. The standard InChI is InChI=1S/C8H15NO4/c1-4(2)7(11)9-6(5(3)10)8(12)13/h4-6,10H,1-3H3,(H,9,11)(H,12,13). The highest BCUT2D eigenvalue weighted by Crippen LogP contribution is 1.97. The molecule has 0 heterocycles. The summed E-state index contributed by atoms with van der Waals surface area (Å²) in [6.07, 6.45) is -1.10. The van der Waals surface area contributed by atoms with E-state index in [-0.39, 0.29) is 11.8 Å². The summed E-state index contributed by atoms with van der Waals surface area (Å²) in [5, 5.41) is 19.8. The molecule has 0 aliphatic carbocycles. The van der Waals surface area contributed by atoms with E-state index in [0.717, 1.165) is 0 Å².